The van der Waals surface area contributed by atoms with Gasteiger partial charge in [-0.3, -0.25) is 14.9 Å². The lowest BCUT2D eigenvalue weighted by molar-refractivity contribution is -0.134. The van der Waals surface area contributed by atoms with Gasteiger partial charge in [0, 0.05) is 12.5 Å². The third-order valence-corrected chi connectivity index (χ3v) is 5.44. The van der Waals surface area contributed by atoms with E-state index in [9.17, 15) is 14.0 Å². The van der Waals surface area contributed by atoms with Crippen LogP contribution in [0.2, 0.25) is 0 Å². The fourth-order valence-corrected chi connectivity index (χ4v) is 4.45. The molecule has 1 aromatic carbocycles. The first-order valence-corrected chi connectivity index (χ1v) is 7.87. The number of carbonyl (C=O) groups is 2. The Kier molecular flexibility index (Phi) is 3.04. The second kappa shape index (κ2) is 4.77. The van der Waals surface area contributed by atoms with Crippen LogP contribution in [0.25, 0.3) is 0 Å². The van der Waals surface area contributed by atoms with Crippen LogP contribution >= 0.6 is 0 Å². The Hall–Kier alpha value is -1.95. The highest BCUT2D eigenvalue weighted by molar-refractivity contribution is 6.07. The molecule has 23 heavy (non-hydrogen) atoms. The number of benzene rings is 1. The number of hydrogen-bond acceptors (Lipinski definition) is 4. The first-order chi connectivity index (χ1) is 10.9. The Morgan fingerprint density at radius 1 is 1.30 bits per heavy atom. The zero-order chi connectivity index (χ0) is 16.2. The summed E-state index contributed by atoms with van der Waals surface area (Å²) in [7, 11) is 0. The van der Waals surface area contributed by atoms with Crippen molar-refractivity contribution in [2.24, 2.45) is 11.8 Å². The van der Waals surface area contributed by atoms with Gasteiger partial charge in [0.25, 0.3) is 0 Å². The van der Waals surface area contributed by atoms with Crippen LogP contribution < -0.4 is 10.1 Å². The van der Waals surface area contributed by atoms with Crippen LogP contribution in [0, 0.1) is 17.7 Å². The number of amides is 2. The summed E-state index contributed by atoms with van der Waals surface area (Å²) in [6, 6.07) is 5.94. The van der Waals surface area contributed by atoms with Gasteiger partial charge in [-0.2, -0.15) is 0 Å². The van der Waals surface area contributed by atoms with E-state index in [1.54, 1.807) is 12.1 Å². The molecule has 4 atom stereocenters. The molecule has 0 spiro atoms. The van der Waals surface area contributed by atoms with Gasteiger partial charge >= 0.3 is 0 Å². The summed E-state index contributed by atoms with van der Waals surface area (Å²) in [4.78, 5) is 24.2. The number of nitrogens with one attached hydrogen (secondary N) is 1. The summed E-state index contributed by atoms with van der Waals surface area (Å²) in [6.45, 7) is 2.22. The highest BCUT2D eigenvalue weighted by atomic mass is 19.1. The van der Waals surface area contributed by atoms with Gasteiger partial charge in [-0.25, -0.2) is 4.39 Å². The van der Waals surface area contributed by atoms with E-state index >= 15 is 0 Å². The molecule has 3 fully saturated rings. The molecule has 5 nitrogen and oxygen atoms in total. The summed E-state index contributed by atoms with van der Waals surface area (Å²) in [5.74, 6) is -1.22. The van der Waals surface area contributed by atoms with E-state index in [1.165, 1.54) is 12.1 Å². The van der Waals surface area contributed by atoms with Gasteiger partial charge in [0.1, 0.15) is 11.6 Å². The van der Waals surface area contributed by atoms with Crippen molar-refractivity contribution in [2.45, 2.75) is 37.4 Å². The van der Waals surface area contributed by atoms with Crippen molar-refractivity contribution in [1.29, 1.82) is 0 Å². The molecule has 3 aliphatic heterocycles. The highest BCUT2D eigenvalue weighted by Crippen LogP contribution is 2.60. The van der Waals surface area contributed by atoms with Crippen molar-refractivity contribution in [2.75, 3.05) is 6.61 Å². The topological polar surface area (TPSA) is 64.6 Å². The fourth-order valence-electron chi connectivity index (χ4n) is 4.45. The number of imide groups is 1. The standard InChI is InChI=1S/C17H18FNO4/c1-16-5-6-17(23-16,13-12(16)14(20)19-15(13)21)7-8-22-11-4-2-3-10(18)9-11/h2-4,9,12-13H,5-8H2,1H3,(H,19,20,21). The normalized spacial score (nSPS) is 37.8. The Balaban J connectivity index is 1.50. The van der Waals surface area contributed by atoms with Crippen LogP contribution in [0.4, 0.5) is 4.39 Å². The Bertz CT molecular complexity index is 693. The molecule has 4 unspecified atom stereocenters. The van der Waals surface area contributed by atoms with Gasteiger partial charge in [0.2, 0.25) is 11.8 Å². The van der Waals surface area contributed by atoms with Crippen molar-refractivity contribution in [3.05, 3.63) is 30.1 Å². The van der Waals surface area contributed by atoms with Crippen molar-refractivity contribution in [3.63, 3.8) is 0 Å². The third kappa shape index (κ3) is 2.08. The van der Waals surface area contributed by atoms with Crippen molar-refractivity contribution in [1.82, 2.24) is 5.32 Å². The largest absolute Gasteiger partial charge is 0.493 e. The number of hydrogen-bond donors (Lipinski definition) is 1. The van der Waals surface area contributed by atoms with E-state index in [0.29, 0.717) is 18.8 Å². The number of carbonyl (C=O) groups excluding carboxylic acids is 2. The zero-order valence-corrected chi connectivity index (χ0v) is 12.8. The van der Waals surface area contributed by atoms with Gasteiger partial charge in [-0.05, 0) is 31.9 Å². The summed E-state index contributed by atoms with van der Waals surface area (Å²) in [6.07, 6.45) is 1.99. The second-order valence-corrected chi connectivity index (χ2v) is 6.84. The molecule has 3 aliphatic rings. The molecule has 3 heterocycles. The van der Waals surface area contributed by atoms with E-state index in [1.807, 2.05) is 6.92 Å². The predicted molar refractivity (Wildman–Crippen MR) is 78.1 cm³/mol. The van der Waals surface area contributed by atoms with Gasteiger partial charge in [-0.15, -0.1) is 0 Å². The van der Waals surface area contributed by atoms with Crippen LogP contribution in [0.3, 0.4) is 0 Å². The molecule has 0 aliphatic carbocycles. The van der Waals surface area contributed by atoms with Gasteiger partial charge in [0.15, 0.2) is 0 Å². The van der Waals surface area contributed by atoms with Crippen LogP contribution in [-0.2, 0) is 14.3 Å². The summed E-state index contributed by atoms with van der Waals surface area (Å²) in [5.41, 5.74) is -1.22. The highest BCUT2D eigenvalue weighted by Gasteiger charge is 2.71. The van der Waals surface area contributed by atoms with Gasteiger partial charge < -0.3 is 9.47 Å². The smallest absolute Gasteiger partial charge is 0.233 e. The molecule has 3 saturated heterocycles. The Labute approximate surface area is 133 Å². The van der Waals surface area contributed by atoms with Crippen LogP contribution in [-0.4, -0.2) is 29.6 Å². The first-order valence-electron chi connectivity index (χ1n) is 7.87. The van der Waals surface area contributed by atoms with Crippen LogP contribution in [0.1, 0.15) is 26.2 Å². The molecule has 1 aromatic rings. The van der Waals surface area contributed by atoms with Gasteiger partial charge in [-0.1, -0.05) is 6.07 Å². The lowest BCUT2D eigenvalue weighted by Crippen LogP contribution is -2.42. The number of fused-ring (bicyclic) bond motifs is 5. The van der Waals surface area contributed by atoms with Crippen molar-refractivity contribution >= 4 is 11.8 Å². The Morgan fingerprint density at radius 2 is 2.09 bits per heavy atom. The number of halogens is 1. The molecule has 0 aromatic heterocycles. The first kappa shape index (κ1) is 14.6. The molecule has 2 bridgehead atoms. The molecule has 2 amide bonds. The molecular formula is C17H18FNO4. The number of rotatable bonds is 4. The van der Waals surface area contributed by atoms with Crippen molar-refractivity contribution < 1.29 is 23.5 Å². The van der Waals surface area contributed by atoms with E-state index in [2.05, 4.69) is 5.32 Å². The minimum atomic E-state index is -0.650. The molecule has 4 rings (SSSR count). The van der Waals surface area contributed by atoms with E-state index in [-0.39, 0.29) is 17.6 Å². The van der Waals surface area contributed by atoms with Gasteiger partial charge in [0.05, 0.1) is 29.6 Å². The maximum absolute atomic E-state index is 13.2. The summed E-state index contributed by atoms with van der Waals surface area (Å²) >= 11 is 0. The van der Waals surface area contributed by atoms with E-state index in [0.717, 1.165) is 12.8 Å². The average molecular weight is 319 g/mol. The predicted octanol–water partition coefficient (Wildman–Crippen LogP) is 1.80. The minimum absolute atomic E-state index is 0.227. The van der Waals surface area contributed by atoms with Crippen LogP contribution in [0.5, 0.6) is 5.75 Å². The Morgan fingerprint density at radius 3 is 2.87 bits per heavy atom. The van der Waals surface area contributed by atoms with Crippen molar-refractivity contribution in [3.8, 4) is 5.75 Å². The van der Waals surface area contributed by atoms with E-state index in [4.69, 9.17) is 9.47 Å². The maximum Gasteiger partial charge on any atom is 0.233 e. The lowest BCUT2D eigenvalue weighted by atomic mass is 9.67. The molecule has 0 radical (unpaired) electrons. The van der Waals surface area contributed by atoms with Crippen LogP contribution in [0.15, 0.2) is 24.3 Å². The molecule has 6 heteroatoms. The SMILES string of the molecule is CC12CCC(CCOc3cccc(F)c3)(O1)C1C(=O)NC(=O)C12. The molecular weight excluding hydrogens is 301 g/mol. The lowest BCUT2D eigenvalue weighted by Gasteiger charge is -2.30. The second-order valence-electron chi connectivity index (χ2n) is 6.84. The summed E-state index contributed by atoms with van der Waals surface area (Å²) < 4.78 is 25.0. The summed E-state index contributed by atoms with van der Waals surface area (Å²) in [5, 5.41) is 2.44. The monoisotopic (exact) mass is 319 g/mol. The van der Waals surface area contributed by atoms with E-state index < -0.39 is 23.0 Å². The minimum Gasteiger partial charge on any atom is -0.493 e. The quantitative estimate of drug-likeness (QED) is 0.860. The molecule has 122 valence electrons. The zero-order valence-electron chi connectivity index (χ0n) is 12.8. The average Bonchev–Trinajstić information content (AvgIpc) is 3.07. The maximum atomic E-state index is 13.2. The third-order valence-electron chi connectivity index (χ3n) is 5.44. The number of ether oxygens (including phenoxy) is 2. The molecule has 0 saturated carbocycles. The fraction of sp³-hybridized carbons (Fsp3) is 0.529. The molecule has 1 N–H and O–H groups in total.